The van der Waals surface area contributed by atoms with Crippen LogP contribution in [0.3, 0.4) is 0 Å². The number of rotatable bonds is 6. The van der Waals surface area contributed by atoms with Gasteiger partial charge < -0.3 is 5.32 Å². The van der Waals surface area contributed by atoms with Gasteiger partial charge in [0.15, 0.2) is 0 Å². The van der Waals surface area contributed by atoms with Crippen LogP contribution in [0.2, 0.25) is 5.15 Å². The van der Waals surface area contributed by atoms with E-state index in [1.54, 1.807) is 0 Å². The first kappa shape index (κ1) is 14.2. The molecule has 1 rings (SSSR count). The molecule has 1 aromatic rings. The van der Waals surface area contributed by atoms with Crippen molar-refractivity contribution >= 4 is 17.4 Å². The number of hydrogen-bond donors (Lipinski definition) is 1. The average Bonchev–Trinajstić information content (AvgIpc) is 2.33. The van der Waals surface area contributed by atoms with Crippen molar-refractivity contribution in [3.63, 3.8) is 0 Å². The molecule has 0 spiro atoms. The van der Waals surface area contributed by atoms with Gasteiger partial charge in [-0.25, -0.2) is 9.97 Å². The van der Waals surface area contributed by atoms with Crippen LogP contribution in [0.4, 0.5) is 5.82 Å². The molecule has 17 heavy (non-hydrogen) atoms. The standard InChI is InChI=1S/C13H22ClN3/c1-5-8-10(6-2)15-13-9(4)12(14)16-11(7-3)17-13/h10H,5-8H2,1-4H3,(H,15,16,17). The maximum absolute atomic E-state index is 6.11. The molecule has 1 unspecified atom stereocenters. The van der Waals surface area contributed by atoms with Crippen LogP contribution >= 0.6 is 11.6 Å². The summed E-state index contributed by atoms with van der Waals surface area (Å²) < 4.78 is 0. The lowest BCUT2D eigenvalue weighted by molar-refractivity contribution is 0.619. The highest BCUT2D eigenvalue weighted by molar-refractivity contribution is 6.30. The third-order valence-corrected chi connectivity index (χ3v) is 3.29. The number of hydrogen-bond acceptors (Lipinski definition) is 3. The Bertz CT molecular complexity index is 366. The second-order valence-electron chi connectivity index (χ2n) is 4.30. The first-order chi connectivity index (χ1) is 8.12. The quantitative estimate of drug-likeness (QED) is 0.781. The van der Waals surface area contributed by atoms with Crippen LogP contribution in [0.25, 0.3) is 0 Å². The molecule has 0 fully saturated rings. The predicted octanol–water partition coefficient (Wildman–Crippen LogP) is 3.99. The Kier molecular flexibility index (Phi) is 5.69. The van der Waals surface area contributed by atoms with Gasteiger partial charge in [0.05, 0.1) is 0 Å². The molecule has 0 aliphatic rings. The van der Waals surface area contributed by atoms with E-state index in [0.717, 1.165) is 36.5 Å². The van der Waals surface area contributed by atoms with Crippen molar-refractivity contribution in [3.8, 4) is 0 Å². The molecular weight excluding hydrogens is 234 g/mol. The fourth-order valence-electron chi connectivity index (χ4n) is 1.75. The van der Waals surface area contributed by atoms with Crippen LogP contribution in [0.5, 0.6) is 0 Å². The van der Waals surface area contributed by atoms with Gasteiger partial charge in [-0.3, -0.25) is 0 Å². The molecule has 0 aliphatic carbocycles. The molecule has 96 valence electrons. The summed E-state index contributed by atoms with van der Waals surface area (Å²) in [6.45, 7) is 8.38. The molecule has 1 atom stereocenters. The van der Waals surface area contributed by atoms with Crippen molar-refractivity contribution in [3.05, 3.63) is 16.5 Å². The maximum atomic E-state index is 6.11. The van der Waals surface area contributed by atoms with Gasteiger partial charge in [0.1, 0.15) is 16.8 Å². The lowest BCUT2D eigenvalue weighted by Gasteiger charge is -2.19. The van der Waals surface area contributed by atoms with Crippen molar-refractivity contribution in [1.29, 1.82) is 0 Å². The molecule has 0 bridgehead atoms. The number of aryl methyl sites for hydroxylation is 1. The Morgan fingerprint density at radius 2 is 1.94 bits per heavy atom. The number of anilines is 1. The first-order valence-corrected chi connectivity index (χ1v) is 6.79. The first-order valence-electron chi connectivity index (χ1n) is 6.41. The van der Waals surface area contributed by atoms with E-state index in [1.807, 2.05) is 13.8 Å². The molecule has 1 heterocycles. The zero-order chi connectivity index (χ0) is 12.8. The van der Waals surface area contributed by atoms with Gasteiger partial charge in [-0.15, -0.1) is 0 Å². The minimum atomic E-state index is 0.467. The van der Waals surface area contributed by atoms with Gasteiger partial charge in [-0.05, 0) is 19.8 Å². The van der Waals surface area contributed by atoms with Gasteiger partial charge in [-0.2, -0.15) is 0 Å². The summed E-state index contributed by atoms with van der Waals surface area (Å²) in [4.78, 5) is 8.76. The SMILES string of the molecule is CCCC(CC)Nc1nc(CC)nc(Cl)c1C. The maximum Gasteiger partial charge on any atom is 0.137 e. The zero-order valence-corrected chi connectivity index (χ0v) is 11.9. The van der Waals surface area contributed by atoms with Crippen LogP contribution in [0.1, 0.15) is 51.4 Å². The second kappa shape index (κ2) is 6.80. The molecule has 0 saturated heterocycles. The molecular formula is C13H22ClN3. The fourth-order valence-corrected chi connectivity index (χ4v) is 1.94. The minimum absolute atomic E-state index is 0.467. The molecule has 0 radical (unpaired) electrons. The van der Waals surface area contributed by atoms with E-state index >= 15 is 0 Å². The van der Waals surface area contributed by atoms with Gasteiger partial charge in [-0.1, -0.05) is 38.8 Å². The summed E-state index contributed by atoms with van der Waals surface area (Å²) in [7, 11) is 0. The lowest BCUT2D eigenvalue weighted by atomic mass is 10.1. The van der Waals surface area contributed by atoms with Gasteiger partial charge in [0.25, 0.3) is 0 Å². The van der Waals surface area contributed by atoms with Crippen LogP contribution < -0.4 is 5.32 Å². The van der Waals surface area contributed by atoms with Crippen molar-refractivity contribution in [2.24, 2.45) is 0 Å². The van der Waals surface area contributed by atoms with Crippen molar-refractivity contribution in [2.75, 3.05) is 5.32 Å². The Morgan fingerprint density at radius 3 is 2.47 bits per heavy atom. The zero-order valence-electron chi connectivity index (χ0n) is 11.2. The van der Waals surface area contributed by atoms with E-state index in [1.165, 1.54) is 6.42 Å². The second-order valence-corrected chi connectivity index (χ2v) is 4.65. The smallest absolute Gasteiger partial charge is 0.137 e. The third kappa shape index (κ3) is 3.84. The summed E-state index contributed by atoms with van der Waals surface area (Å²) in [5, 5.41) is 4.04. The van der Waals surface area contributed by atoms with E-state index in [-0.39, 0.29) is 0 Å². The summed E-state index contributed by atoms with van der Waals surface area (Å²) >= 11 is 6.11. The Morgan fingerprint density at radius 1 is 1.24 bits per heavy atom. The van der Waals surface area contributed by atoms with E-state index in [4.69, 9.17) is 11.6 Å². The van der Waals surface area contributed by atoms with Crippen LogP contribution in [-0.2, 0) is 6.42 Å². The van der Waals surface area contributed by atoms with Crippen molar-refractivity contribution < 1.29 is 0 Å². The minimum Gasteiger partial charge on any atom is -0.367 e. The topological polar surface area (TPSA) is 37.8 Å². The van der Waals surface area contributed by atoms with E-state index in [9.17, 15) is 0 Å². The highest BCUT2D eigenvalue weighted by atomic mass is 35.5. The third-order valence-electron chi connectivity index (χ3n) is 2.92. The molecule has 1 N–H and O–H groups in total. The van der Waals surface area contributed by atoms with E-state index < -0.39 is 0 Å². The van der Waals surface area contributed by atoms with E-state index in [0.29, 0.717) is 11.2 Å². The highest BCUT2D eigenvalue weighted by Gasteiger charge is 2.12. The molecule has 4 heteroatoms. The number of halogens is 1. The van der Waals surface area contributed by atoms with Crippen molar-refractivity contribution in [1.82, 2.24) is 9.97 Å². The normalized spacial score (nSPS) is 12.5. The fraction of sp³-hybridized carbons (Fsp3) is 0.692. The molecule has 0 aromatic carbocycles. The Balaban J connectivity index is 2.92. The monoisotopic (exact) mass is 255 g/mol. The van der Waals surface area contributed by atoms with Crippen LogP contribution in [0.15, 0.2) is 0 Å². The largest absolute Gasteiger partial charge is 0.367 e. The summed E-state index contributed by atoms with van der Waals surface area (Å²) in [6, 6.07) is 0.467. The molecule has 0 aliphatic heterocycles. The van der Waals surface area contributed by atoms with Gasteiger partial charge >= 0.3 is 0 Å². The summed E-state index contributed by atoms with van der Waals surface area (Å²) in [5.74, 6) is 1.69. The summed E-state index contributed by atoms with van der Waals surface area (Å²) in [6.07, 6.45) is 4.22. The Labute approximate surface area is 109 Å². The molecule has 0 saturated carbocycles. The molecule has 3 nitrogen and oxygen atoms in total. The highest BCUT2D eigenvalue weighted by Crippen LogP contribution is 2.22. The molecule has 0 amide bonds. The van der Waals surface area contributed by atoms with Crippen LogP contribution in [0, 0.1) is 6.92 Å². The van der Waals surface area contributed by atoms with E-state index in [2.05, 4.69) is 29.1 Å². The predicted molar refractivity (Wildman–Crippen MR) is 73.8 cm³/mol. The number of nitrogens with zero attached hydrogens (tertiary/aromatic N) is 2. The number of aromatic nitrogens is 2. The summed E-state index contributed by atoms with van der Waals surface area (Å²) in [5.41, 5.74) is 0.943. The number of nitrogens with one attached hydrogen (secondary N) is 1. The van der Waals surface area contributed by atoms with Crippen molar-refractivity contribution in [2.45, 2.75) is 59.4 Å². The lowest BCUT2D eigenvalue weighted by Crippen LogP contribution is -2.20. The Hall–Kier alpha value is -0.830. The van der Waals surface area contributed by atoms with Crippen LogP contribution in [-0.4, -0.2) is 16.0 Å². The van der Waals surface area contributed by atoms with Gasteiger partial charge in [0.2, 0.25) is 0 Å². The van der Waals surface area contributed by atoms with Gasteiger partial charge in [0, 0.05) is 18.0 Å². The average molecular weight is 256 g/mol. The molecule has 1 aromatic heterocycles.